The standard InChI is InChI=1S/C17H16N4O3S2/c1-12(22)13-4-3-5-16(10-13)26(23,24)20-14-6-8-15(9-7-14)25-17-19-18-11-21(17)2/h3-11,20H,1-2H3. The van der Waals surface area contributed by atoms with Gasteiger partial charge < -0.3 is 4.57 Å². The van der Waals surface area contributed by atoms with Gasteiger partial charge in [0.05, 0.1) is 4.90 Å². The number of nitrogens with zero attached hydrogens (tertiary/aromatic N) is 3. The van der Waals surface area contributed by atoms with Gasteiger partial charge in [0, 0.05) is 23.2 Å². The fraction of sp³-hybridized carbons (Fsp3) is 0.118. The van der Waals surface area contributed by atoms with E-state index in [0.717, 1.165) is 10.1 Å². The van der Waals surface area contributed by atoms with E-state index in [1.165, 1.54) is 30.8 Å². The molecule has 0 aliphatic heterocycles. The van der Waals surface area contributed by atoms with Crippen LogP contribution >= 0.6 is 11.8 Å². The summed E-state index contributed by atoms with van der Waals surface area (Å²) in [5.74, 6) is -0.188. The number of hydrogen-bond acceptors (Lipinski definition) is 6. The summed E-state index contributed by atoms with van der Waals surface area (Å²) in [6.45, 7) is 1.40. The van der Waals surface area contributed by atoms with E-state index in [9.17, 15) is 13.2 Å². The average Bonchev–Trinajstić information content (AvgIpc) is 3.01. The Balaban J connectivity index is 1.77. The van der Waals surface area contributed by atoms with Crippen molar-refractivity contribution in [1.82, 2.24) is 14.8 Å². The molecule has 2 aromatic carbocycles. The number of sulfonamides is 1. The van der Waals surface area contributed by atoms with Crippen molar-refractivity contribution in [2.45, 2.75) is 21.9 Å². The molecule has 3 rings (SSSR count). The molecule has 3 aromatic rings. The molecule has 0 fully saturated rings. The van der Waals surface area contributed by atoms with Crippen molar-refractivity contribution in [3.63, 3.8) is 0 Å². The monoisotopic (exact) mass is 388 g/mol. The van der Waals surface area contributed by atoms with Gasteiger partial charge in [0.25, 0.3) is 10.0 Å². The third kappa shape index (κ3) is 4.12. The van der Waals surface area contributed by atoms with E-state index in [4.69, 9.17) is 0 Å². The van der Waals surface area contributed by atoms with Crippen LogP contribution in [0.1, 0.15) is 17.3 Å². The summed E-state index contributed by atoms with van der Waals surface area (Å²) in [7, 11) is -1.93. The second-order valence-electron chi connectivity index (χ2n) is 5.54. The number of ketones is 1. The first-order valence-electron chi connectivity index (χ1n) is 7.61. The fourth-order valence-electron chi connectivity index (χ4n) is 2.16. The maximum absolute atomic E-state index is 12.5. The van der Waals surface area contributed by atoms with E-state index in [0.29, 0.717) is 11.3 Å². The topological polar surface area (TPSA) is 93.9 Å². The smallest absolute Gasteiger partial charge is 0.261 e. The first kappa shape index (κ1) is 18.2. The van der Waals surface area contributed by atoms with Gasteiger partial charge in [-0.05, 0) is 55.1 Å². The molecule has 0 atom stereocenters. The van der Waals surface area contributed by atoms with E-state index < -0.39 is 10.0 Å². The molecule has 0 aliphatic carbocycles. The number of nitrogens with one attached hydrogen (secondary N) is 1. The molecule has 7 nitrogen and oxygen atoms in total. The predicted octanol–water partition coefficient (Wildman–Crippen LogP) is 2.97. The van der Waals surface area contributed by atoms with Crippen molar-refractivity contribution < 1.29 is 13.2 Å². The average molecular weight is 388 g/mol. The van der Waals surface area contributed by atoms with Gasteiger partial charge in [0.2, 0.25) is 0 Å². The van der Waals surface area contributed by atoms with E-state index >= 15 is 0 Å². The molecule has 134 valence electrons. The van der Waals surface area contributed by atoms with Crippen LogP contribution in [0.5, 0.6) is 0 Å². The summed E-state index contributed by atoms with van der Waals surface area (Å²) in [6.07, 6.45) is 1.61. The minimum Gasteiger partial charge on any atom is -0.311 e. The number of anilines is 1. The summed E-state index contributed by atoms with van der Waals surface area (Å²) in [4.78, 5) is 12.4. The molecule has 0 spiro atoms. The van der Waals surface area contributed by atoms with Crippen LogP contribution in [0.3, 0.4) is 0 Å². The predicted molar refractivity (Wildman–Crippen MR) is 98.8 cm³/mol. The Kier molecular flexibility index (Phi) is 5.10. The summed E-state index contributed by atoms with van der Waals surface area (Å²) < 4.78 is 29.3. The molecule has 0 saturated heterocycles. The molecule has 0 aliphatic rings. The van der Waals surface area contributed by atoms with Crippen molar-refractivity contribution in [2.24, 2.45) is 7.05 Å². The van der Waals surface area contributed by atoms with Crippen molar-refractivity contribution in [2.75, 3.05) is 4.72 Å². The van der Waals surface area contributed by atoms with Gasteiger partial charge in [-0.3, -0.25) is 9.52 Å². The molecule has 0 radical (unpaired) electrons. The number of carbonyl (C=O) groups excluding carboxylic acids is 1. The van der Waals surface area contributed by atoms with Crippen molar-refractivity contribution in [1.29, 1.82) is 0 Å². The maximum Gasteiger partial charge on any atom is 0.261 e. The number of Topliss-reactive ketones (excluding diaryl/α,β-unsaturated/α-hetero) is 1. The Morgan fingerprint density at radius 2 is 1.88 bits per heavy atom. The second-order valence-corrected chi connectivity index (χ2v) is 8.26. The number of carbonyl (C=O) groups is 1. The summed E-state index contributed by atoms with van der Waals surface area (Å²) >= 11 is 1.42. The van der Waals surface area contributed by atoms with Crippen molar-refractivity contribution in [3.05, 3.63) is 60.4 Å². The van der Waals surface area contributed by atoms with E-state index in [1.54, 1.807) is 47.3 Å². The molecular formula is C17H16N4O3S2. The van der Waals surface area contributed by atoms with Gasteiger partial charge in [-0.15, -0.1) is 10.2 Å². The Bertz CT molecular complexity index is 1040. The highest BCUT2D eigenvalue weighted by molar-refractivity contribution is 7.99. The lowest BCUT2D eigenvalue weighted by atomic mass is 10.2. The fourth-order valence-corrected chi connectivity index (χ4v) is 4.02. The van der Waals surface area contributed by atoms with Gasteiger partial charge in [-0.25, -0.2) is 8.42 Å². The van der Waals surface area contributed by atoms with Crippen LogP contribution in [-0.2, 0) is 17.1 Å². The Hall–Kier alpha value is -2.65. The maximum atomic E-state index is 12.5. The minimum absolute atomic E-state index is 0.0442. The quantitative estimate of drug-likeness (QED) is 0.653. The zero-order valence-electron chi connectivity index (χ0n) is 14.1. The van der Waals surface area contributed by atoms with Crippen LogP contribution in [0, 0.1) is 0 Å². The van der Waals surface area contributed by atoms with Gasteiger partial charge in [-0.2, -0.15) is 0 Å². The van der Waals surface area contributed by atoms with Crippen LogP contribution < -0.4 is 4.72 Å². The van der Waals surface area contributed by atoms with E-state index in [1.807, 2.05) is 7.05 Å². The normalized spacial score (nSPS) is 11.3. The molecule has 26 heavy (non-hydrogen) atoms. The second kappa shape index (κ2) is 7.30. The van der Waals surface area contributed by atoms with Crippen molar-refractivity contribution >= 4 is 33.3 Å². The lowest BCUT2D eigenvalue weighted by molar-refractivity contribution is 0.101. The third-order valence-electron chi connectivity index (χ3n) is 3.54. The first-order valence-corrected chi connectivity index (χ1v) is 9.91. The highest BCUT2D eigenvalue weighted by Gasteiger charge is 2.15. The minimum atomic E-state index is -3.77. The first-order chi connectivity index (χ1) is 12.3. The summed E-state index contributed by atoms with van der Waals surface area (Å²) in [5.41, 5.74) is 0.781. The van der Waals surface area contributed by atoms with E-state index in [2.05, 4.69) is 14.9 Å². The van der Waals surface area contributed by atoms with Crippen LogP contribution in [0.4, 0.5) is 5.69 Å². The molecular weight excluding hydrogens is 372 g/mol. The van der Waals surface area contributed by atoms with Crippen LogP contribution in [0.25, 0.3) is 0 Å². The molecule has 1 aromatic heterocycles. The largest absolute Gasteiger partial charge is 0.311 e. The Morgan fingerprint density at radius 3 is 2.50 bits per heavy atom. The molecule has 0 amide bonds. The Morgan fingerprint density at radius 1 is 1.15 bits per heavy atom. The number of rotatable bonds is 6. The van der Waals surface area contributed by atoms with Gasteiger partial charge >= 0.3 is 0 Å². The highest BCUT2D eigenvalue weighted by atomic mass is 32.2. The summed E-state index contributed by atoms with van der Waals surface area (Å²) in [5, 5.41) is 8.54. The van der Waals surface area contributed by atoms with E-state index in [-0.39, 0.29) is 10.7 Å². The molecule has 0 unspecified atom stereocenters. The molecule has 1 N–H and O–H groups in total. The number of aromatic nitrogens is 3. The molecule has 0 bridgehead atoms. The zero-order valence-corrected chi connectivity index (χ0v) is 15.7. The third-order valence-corrected chi connectivity index (χ3v) is 5.98. The highest BCUT2D eigenvalue weighted by Crippen LogP contribution is 2.27. The molecule has 9 heteroatoms. The number of benzene rings is 2. The lowest BCUT2D eigenvalue weighted by Crippen LogP contribution is -2.13. The van der Waals surface area contributed by atoms with Crippen LogP contribution in [0.15, 0.2) is 69.8 Å². The molecule has 0 saturated carbocycles. The summed E-state index contributed by atoms with van der Waals surface area (Å²) in [6, 6.07) is 12.9. The van der Waals surface area contributed by atoms with Gasteiger partial charge in [0.15, 0.2) is 10.9 Å². The van der Waals surface area contributed by atoms with Crippen LogP contribution in [0.2, 0.25) is 0 Å². The van der Waals surface area contributed by atoms with Gasteiger partial charge in [-0.1, -0.05) is 12.1 Å². The van der Waals surface area contributed by atoms with Gasteiger partial charge in [0.1, 0.15) is 6.33 Å². The lowest BCUT2D eigenvalue weighted by Gasteiger charge is -2.09. The van der Waals surface area contributed by atoms with Crippen LogP contribution in [-0.4, -0.2) is 29.0 Å². The number of aryl methyl sites for hydroxylation is 1. The Labute approximate surface area is 155 Å². The SMILES string of the molecule is CC(=O)c1cccc(S(=O)(=O)Nc2ccc(Sc3nncn3C)cc2)c1. The zero-order chi connectivity index (χ0) is 18.7. The van der Waals surface area contributed by atoms with Crippen molar-refractivity contribution in [3.8, 4) is 0 Å². The number of hydrogen-bond donors (Lipinski definition) is 1. The molecule has 1 heterocycles.